The first-order valence-electron chi connectivity index (χ1n) is 6.21. The lowest BCUT2D eigenvalue weighted by molar-refractivity contribution is -0.0700. The maximum absolute atomic E-state index is 10.2. The molecule has 0 aliphatic carbocycles. The van der Waals surface area contributed by atoms with Crippen molar-refractivity contribution in [2.45, 2.75) is 18.3 Å². The third-order valence-electron chi connectivity index (χ3n) is 3.43. The van der Waals surface area contributed by atoms with Gasteiger partial charge in [-0.05, 0) is 29.8 Å². The van der Waals surface area contributed by atoms with Crippen LogP contribution in [0, 0.1) is 0 Å². The quantitative estimate of drug-likeness (QED) is 0.634. The largest absolute Gasteiger partial charge is 0.508 e. The molecule has 5 heteroatoms. The number of aliphatic hydroxyl groups excluding tert-OH is 2. The number of aliphatic hydroxyl groups is 2. The molecular weight excluding hydrogens is 260 g/mol. The SMILES string of the molecule is Oc1ccc([C@H]2Oc3cc(O)ccc3[C@H](O)[C@H]2O)cc1. The van der Waals surface area contributed by atoms with Gasteiger partial charge < -0.3 is 25.2 Å². The van der Waals surface area contributed by atoms with Crippen molar-refractivity contribution in [2.75, 3.05) is 0 Å². The van der Waals surface area contributed by atoms with E-state index in [9.17, 15) is 20.4 Å². The van der Waals surface area contributed by atoms with E-state index in [1.807, 2.05) is 0 Å². The van der Waals surface area contributed by atoms with Gasteiger partial charge in [0.1, 0.15) is 29.5 Å². The van der Waals surface area contributed by atoms with Crippen LogP contribution in [-0.4, -0.2) is 26.5 Å². The summed E-state index contributed by atoms with van der Waals surface area (Å²) in [5.41, 5.74) is 1.06. The van der Waals surface area contributed by atoms with Crippen LogP contribution in [0.3, 0.4) is 0 Å². The van der Waals surface area contributed by atoms with Gasteiger partial charge in [0.25, 0.3) is 0 Å². The van der Waals surface area contributed by atoms with Gasteiger partial charge in [0, 0.05) is 11.6 Å². The summed E-state index contributed by atoms with van der Waals surface area (Å²) in [6.07, 6.45) is -2.99. The Labute approximate surface area is 115 Å². The van der Waals surface area contributed by atoms with Gasteiger partial charge in [-0.25, -0.2) is 0 Å². The average Bonchev–Trinajstić information content (AvgIpc) is 2.44. The molecule has 0 fully saturated rings. The fraction of sp³-hybridized carbons (Fsp3) is 0.200. The standard InChI is InChI=1S/C15H14O5/c16-9-3-1-8(2-4-9)15-14(19)13(18)11-6-5-10(17)7-12(11)20-15/h1-7,13-19H/t13-,14+,15+/m0/s1. The first-order chi connectivity index (χ1) is 9.56. The second-order valence-corrected chi connectivity index (χ2v) is 4.79. The molecule has 0 saturated heterocycles. The summed E-state index contributed by atoms with van der Waals surface area (Å²) in [7, 11) is 0. The lowest BCUT2D eigenvalue weighted by atomic mass is 9.92. The van der Waals surface area contributed by atoms with Gasteiger partial charge in [-0.1, -0.05) is 12.1 Å². The molecule has 2 aromatic carbocycles. The zero-order valence-corrected chi connectivity index (χ0v) is 10.5. The van der Waals surface area contributed by atoms with E-state index in [0.29, 0.717) is 16.9 Å². The van der Waals surface area contributed by atoms with E-state index in [4.69, 9.17) is 4.74 Å². The first-order valence-corrected chi connectivity index (χ1v) is 6.21. The number of aromatic hydroxyl groups is 2. The van der Waals surface area contributed by atoms with Crippen LogP contribution in [0.4, 0.5) is 0 Å². The predicted molar refractivity (Wildman–Crippen MR) is 70.5 cm³/mol. The second kappa shape index (κ2) is 4.70. The Kier molecular flexibility index (Phi) is 3.00. The summed E-state index contributed by atoms with van der Waals surface area (Å²) < 4.78 is 5.67. The molecule has 0 bridgehead atoms. The Morgan fingerprint density at radius 2 is 1.50 bits per heavy atom. The minimum absolute atomic E-state index is 0.0248. The number of benzene rings is 2. The van der Waals surface area contributed by atoms with Crippen LogP contribution in [0.2, 0.25) is 0 Å². The van der Waals surface area contributed by atoms with Crippen LogP contribution < -0.4 is 4.74 Å². The van der Waals surface area contributed by atoms with E-state index in [-0.39, 0.29) is 11.5 Å². The number of phenols is 2. The molecule has 0 aromatic heterocycles. The molecule has 20 heavy (non-hydrogen) atoms. The van der Waals surface area contributed by atoms with Crippen molar-refractivity contribution in [1.29, 1.82) is 0 Å². The van der Waals surface area contributed by atoms with E-state index in [1.54, 1.807) is 12.1 Å². The van der Waals surface area contributed by atoms with Crippen molar-refractivity contribution in [1.82, 2.24) is 0 Å². The molecule has 5 nitrogen and oxygen atoms in total. The lowest BCUT2D eigenvalue weighted by Crippen LogP contribution is -2.34. The summed E-state index contributed by atoms with van der Waals surface area (Å²) in [5.74, 6) is 0.468. The number of rotatable bonds is 1. The predicted octanol–water partition coefficient (Wildman–Crippen LogP) is 1.63. The molecular formula is C15H14O5. The molecule has 2 aromatic rings. The van der Waals surface area contributed by atoms with Gasteiger partial charge in [-0.2, -0.15) is 0 Å². The van der Waals surface area contributed by atoms with Gasteiger partial charge in [-0.3, -0.25) is 0 Å². The molecule has 3 atom stereocenters. The van der Waals surface area contributed by atoms with Crippen LogP contribution in [0.25, 0.3) is 0 Å². The molecule has 1 aliphatic rings. The molecule has 0 amide bonds. The molecule has 104 valence electrons. The number of hydrogen-bond acceptors (Lipinski definition) is 5. The van der Waals surface area contributed by atoms with Gasteiger partial charge >= 0.3 is 0 Å². The van der Waals surface area contributed by atoms with E-state index >= 15 is 0 Å². The highest BCUT2D eigenvalue weighted by molar-refractivity contribution is 5.44. The molecule has 0 spiro atoms. The number of hydrogen-bond donors (Lipinski definition) is 4. The van der Waals surface area contributed by atoms with E-state index in [0.717, 1.165) is 0 Å². The van der Waals surface area contributed by atoms with Crippen molar-refractivity contribution < 1.29 is 25.2 Å². The number of fused-ring (bicyclic) bond motifs is 1. The van der Waals surface area contributed by atoms with Crippen molar-refractivity contribution in [2.24, 2.45) is 0 Å². The Bertz CT molecular complexity index is 623. The average molecular weight is 274 g/mol. The Morgan fingerprint density at radius 3 is 2.20 bits per heavy atom. The molecule has 1 heterocycles. The number of ether oxygens (including phenoxy) is 1. The Balaban J connectivity index is 2.00. The van der Waals surface area contributed by atoms with E-state index in [1.165, 1.54) is 30.3 Å². The highest BCUT2D eigenvalue weighted by Gasteiger charge is 2.37. The van der Waals surface area contributed by atoms with Gasteiger partial charge in [-0.15, -0.1) is 0 Å². The Hall–Kier alpha value is -2.24. The molecule has 0 unspecified atom stereocenters. The summed E-state index contributed by atoms with van der Waals surface area (Å²) in [6, 6.07) is 10.5. The monoisotopic (exact) mass is 274 g/mol. The fourth-order valence-electron chi connectivity index (χ4n) is 2.35. The minimum atomic E-state index is -1.13. The van der Waals surface area contributed by atoms with Crippen molar-refractivity contribution in [3.8, 4) is 17.2 Å². The van der Waals surface area contributed by atoms with Crippen molar-refractivity contribution in [3.05, 3.63) is 53.6 Å². The summed E-state index contributed by atoms with van der Waals surface area (Å²) in [5, 5.41) is 39.1. The normalized spacial score (nSPS) is 24.8. The van der Waals surface area contributed by atoms with Crippen LogP contribution in [0.1, 0.15) is 23.3 Å². The summed E-state index contributed by atoms with van der Waals surface area (Å²) >= 11 is 0. The van der Waals surface area contributed by atoms with E-state index < -0.39 is 18.3 Å². The second-order valence-electron chi connectivity index (χ2n) is 4.79. The zero-order valence-electron chi connectivity index (χ0n) is 10.5. The topological polar surface area (TPSA) is 90.2 Å². The third kappa shape index (κ3) is 2.07. The number of phenolic OH excluding ortho intramolecular Hbond substituents is 2. The molecule has 0 radical (unpaired) electrons. The molecule has 0 saturated carbocycles. The van der Waals surface area contributed by atoms with Crippen LogP contribution in [-0.2, 0) is 0 Å². The van der Waals surface area contributed by atoms with Gasteiger partial charge in [0.15, 0.2) is 6.10 Å². The maximum atomic E-state index is 10.2. The maximum Gasteiger partial charge on any atom is 0.152 e. The van der Waals surface area contributed by atoms with Gasteiger partial charge in [0.2, 0.25) is 0 Å². The van der Waals surface area contributed by atoms with Crippen LogP contribution >= 0.6 is 0 Å². The van der Waals surface area contributed by atoms with Crippen molar-refractivity contribution >= 4 is 0 Å². The lowest BCUT2D eigenvalue weighted by Gasteiger charge is -2.34. The van der Waals surface area contributed by atoms with Gasteiger partial charge in [0.05, 0.1) is 0 Å². The summed E-state index contributed by atoms with van der Waals surface area (Å²) in [4.78, 5) is 0. The molecule has 1 aliphatic heterocycles. The molecule has 4 N–H and O–H groups in total. The smallest absolute Gasteiger partial charge is 0.152 e. The minimum Gasteiger partial charge on any atom is -0.508 e. The summed E-state index contributed by atoms with van der Waals surface area (Å²) in [6.45, 7) is 0. The first kappa shape index (κ1) is 12.8. The highest BCUT2D eigenvalue weighted by atomic mass is 16.5. The Morgan fingerprint density at radius 1 is 0.850 bits per heavy atom. The van der Waals surface area contributed by atoms with E-state index in [2.05, 4.69) is 0 Å². The molecule has 3 rings (SSSR count). The van der Waals surface area contributed by atoms with Crippen molar-refractivity contribution in [3.63, 3.8) is 0 Å². The fourth-order valence-corrected chi connectivity index (χ4v) is 2.35. The third-order valence-corrected chi connectivity index (χ3v) is 3.43. The highest BCUT2D eigenvalue weighted by Crippen LogP contribution is 2.42. The van der Waals surface area contributed by atoms with Crippen LogP contribution in [0.5, 0.6) is 17.2 Å². The zero-order chi connectivity index (χ0) is 14.3. The van der Waals surface area contributed by atoms with Crippen LogP contribution in [0.15, 0.2) is 42.5 Å².